The van der Waals surface area contributed by atoms with E-state index in [1.54, 1.807) is 0 Å². The lowest BCUT2D eigenvalue weighted by atomic mass is 9.81. The zero-order valence-electron chi connectivity index (χ0n) is 6.26. The van der Waals surface area contributed by atoms with Gasteiger partial charge in [0.1, 0.15) is 6.10 Å². The SMILES string of the molecule is C#C[C@]12O[C@H]1CCC[C@H]2C. The summed E-state index contributed by atoms with van der Waals surface area (Å²) in [5.41, 5.74) is -0.127. The standard InChI is InChI=1S/C9H12O/c1-3-9-7(2)5-4-6-8(9)10-9/h1,7-8H,4-6H2,2H3/t7-,8+,9-/m1/s1. The van der Waals surface area contributed by atoms with Crippen molar-refractivity contribution in [2.24, 2.45) is 5.92 Å². The largest absolute Gasteiger partial charge is 0.352 e. The molecule has 0 radical (unpaired) electrons. The van der Waals surface area contributed by atoms with Crippen LogP contribution in [0.3, 0.4) is 0 Å². The van der Waals surface area contributed by atoms with Gasteiger partial charge in [-0.2, -0.15) is 0 Å². The van der Waals surface area contributed by atoms with Crippen LogP contribution in [0, 0.1) is 18.3 Å². The van der Waals surface area contributed by atoms with Gasteiger partial charge in [-0.15, -0.1) is 6.42 Å². The number of rotatable bonds is 0. The van der Waals surface area contributed by atoms with E-state index in [1.165, 1.54) is 19.3 Å². The van der Waals surface area contributed by atoms with Crippen LogP contribution in [0.25, 0.3) is 0 Å². The summed E-state index contributed by atoms with van der Waals surface area (Å²) < 4.78 is 5.49. The first-order valence-electron chi connectivity index (χ1n) is 3.95. The van der Waals surface area contributed by atoms with Gasteiger partial charge in [0, 0.05) is 0 Å². The highest BCUT2D eigenvalue weighted by Gasteiger charge is 2.60. The van der Waals surface area contributed by atoms with E-state index >= 15 is 0 Å². The fraction of sp³-hybridized carbons (Fsp3) is 0.778. The number of hydrogen-bond donors (Lipinski definition) is 0. The number of terminal acetylenes is 1. The van der Waals surface area contributed by atoms with Crippen LogP contribution < -0.4 is 0 Å². The van der Waals surface area contributed by atoms with E-state index in [0.29, 0.717) is 12.0 Å². The van der Waals surface area contributed by atoms with Gasteiger partial charge >= 0.3 is 0 Å². The highest BCUT2D eigenvalue weighted by atomic mass is 16.6. The van der Waals surface area contributed by atoms with Crippen LogP contribution in [0.15, 0.2) is 0 Å². The first-order chi connectivity index (χ1) is 4.79. The van der Waals surface area contributed by atoms with Crippen molar-refractivity contribution in [1.29, 1.82) is 0 Å². The molecule has 0 amide bonds. The number of ether oxygens (including phenoxy) is 1. The van der Waals surface area contributed by atoms with Crippen molar-refractivity contribution in [2.75, 3.05) is 0 Å². The summed E-state index contributed by atoms with van der Waals surface area (Å²) in [7, 11) is 0. The van der Waals surface area contributed by atoms with E-state index in [1.807, 2.05) is 0 Å². The third-order valence-electron chi connectivity index (χ3n) is 2.82. The van der Waals surface area contributed by atoms with Crippen LogP contribution in [0.5, 0.6) is 0 Å². The molecule has 10 heavy (non-hydrogen) atoms. The fourth-order valence-electron chi connectivity index (χ4n) is 2.00. The minimum absolute atomic E-state index is 0.127. The second kappa shape index (κ2) is 1.77. The third-order valence-corrected chi connectivity index (χ3v) is 2.82. The van der Waals surface area contributed by atoms with Crippen LogP contribution in [0.1, 0.15) is 26.2 Å². The molecule has 0 aromatic heterocycles. The molecule has 1 saturated heterocycles. The van der Waals surface area contributed by atoms with Gasteiger partial charge in [0.15, 0.2) is 5.60 Å². The zero-order chi connectivity index (χ0) is 7.19. The molecule has 1 heterocycles. The molecular weight excluding hydrogens is 124 g/mol. The van der Waals surface area contributed by atoms with Crippen LogP contribution >= 0.6 is 0 Å². The molecule has 1 aliphatic carbocycles. The van der Waals surface area contributed by atoms with Crippen LogP contribution in [-0.4, -0.2) is 11.7 Å². The van der Waals surface area contributed by atoms with Crippen molar-refractivity contribution >= 4 is 0 Å². The van der Waals surface area contributed by atoms with E-state index in [-0.39, 0.29) is 5.60 Å². The molecule has 0 unspecified atom stereocenters. The van der Waals surface area contributed by atoms with Crippen molar-refractivity contribution in [1.82, 2.24) is 0 Å². The monoisotopic (exact) mass is 136 g/mol. The van der Waals surface area contributed by atoms with E-state index < -0.39 is 0 Å². The lowest BCUT2D eigenvalue weighted by molar-refractivity contribution is 0.280. The highest BCUT2D eigenvalue weighted by Crippen LogP contribution is 2.50. The second-order valence-corrected chi connectivity index (χ2v) is 3.38. The highest BCUT2D eigenvalue weighted by molar-refractivity contribution is 5.25. The molecule has 0 spiro atoms. The van der Waals surface area contributed by atoms with Crippen LogP contribution in [0.4, 0.5) is 0 Å². The van der Waals surface area contributed by atoms with Gasteiger partial charge in [-0.05, 0) is 18.8 Å². The van der Waals surface area contributed by atoms with Crippen LogP contribution in [0.2, 0.25) is 0 Å². The molecule has 0 aromatic rings. The maximum Gasteiger partial charge on any atom is 0.157 e. The average Bonchev–Trinajstić information content (AvgIpc) is 2.65. The quantitative estimate of drug-likeness (QED) is 0.364. The first-order valence-corrected chi connectivity index (χ1v) is 3.95. The second-order valence-electron chi connectivity index (χ2n) is 3.38. The maximum atomic E-state index is 5.49. The molecule has 1 heteroatoms. The minimum atomic E-state index is -0.127. The van der Waals surface area contributed by atoms with Crippen molar-refractivity contribution in [3.63, 3.8) is 0 Å². The van der Waals surface area contributed by atoms with Crippen LogP contribution in [-0.2, 0) is 4.74 Å². The molecule has 3 atom stereocenters. The molecule has 1 nitrogen and oxygen atoms in total. The zero-order valence-corrected chi connectivity index (χ0v) is 6.26. The predicted octanol–water partition coefficient (Wildman–Crippen LogP) is 1.58. The van der Waals surface area contributed by atoms with Gasteiger partial charge < -0.3 is 4.74 Å². The molecule has 0 bridgehead atoms. The molecule has 0 aromatic carbocycles. The minimum Gasteiger partial charge on any atom is -0.352 e. The Balaban J connectivity index is 2.19. The Bertz CT molecular complexity index is 191. The van der Waals surface area contributed by atoms with Gasteiger partial charge in [-0.1, -0.05) is 19.3 Å². The van der Waals surface area contributed by atoms with Gasteiger partial charge in [0.2, 0.25) is 0 Å². The topological polar surface area (TPSA) is 12.5 Å². The van der Waals surface area contributed by atoms with Gasteiger partial charge in [-0.3, -0.25) is 0 Å². The Hall–Kier alpha value is -0.480. The Labute approximate surface area is 61.8 Å². The molecule has 1 aliphatic heterocycles. The van der Waals surface area contributed by atoms with Gasteiger partial charge in [0.05, 0.1) is 0 Å². The maximum absolute atomic E-state index is 5.49. The van der Waals surface area contributed by atoms with Gasteiger partial charge in [-0.25, -0.2) is 0 Å². The Morgan fingerprint density at radius 1 is 1.60 bits per heavy atom. The molecule has 54 valence electrons. The van der Waals surface area contributed by atoms with E-state index in [2.05, 4.69) is 12.8 Å². The third kappa shape index (κ3) is 0.578. The molecule has 2 fully saturated rings. The summed E-state index contributed by atoms with van der Waals surface area (Å²) in [5, 5.41) is 0. The first kappa shape index (κ1) is 6.24. The fourth-order valence-corrected chi connectivity index (χ4v) is 2.00. The molecular formula is C9H12O. The lowest BCUT2D eigenvalue weighted by Crippen LogP contribution is -2.26. The smallest absolute Gasteiger partial charge is 0.157 e. The van der Waals surface area contributed by atoms with E-state index in [4.69, 9.17) is 11.2 Å². The summed E-state index contributed by atoms with van der Waals surface area (Å²) in [6.07, 6.45) is 9.50. The van der Waals surface area contributed by atoms with Crippen molar-refractivity contribution in [3.05, 3.63) is 0 Å². The summed E-state index contributed by atoms with van der Waals surface area (Å²) in [6, 6.07) is 0. The lowest BCUT2D eigenvalue weighted by Gasteiger charge is -2.19. The Morgan fingerprint density at radius 3 is 2.90 bits per heavy atom. The number of hydrogen-bond acceptors (Lipinski definition) is 1. The predicted molar refractivity (Wildman–Crippen MR) is 39.5 cm³/mol. The summed E-state index contributed by atoms with van der Waals surface area (Å²) in [5.74, 6) is 3.36. The summed E-state index contributed by atoms with van der Waals surface area (Å²) in [4.78, 5) is 0. The molecule has 1 saturated carbocycles. The Morgan fingerprint density at radius 2 is 2.40 bits per heavy atom. The molecule has 0 N–H and O–H groups in total. The molecule has 2 aliphatic rings. The average molecular weight is 136 g/mol. The Kier molecular flexibility index (Phi) is 1.10. The molecule has 2 rings (SSSR count). The van der Waals surface area contributed by atoms with Crippen molar-refractivity contribution in [3.8, 4) is 12.3 Å². The van der Waals surface area contributed by atoms with Crippen molar-refractivity contribution < 1.29 is 4.74 Å². The number of epoxide rings is 1. The normalized spacial score (nSPS) is 51.2. The van der Waals surface area contributed by atoms with Gasteiger partial charge in [0.25, 0.3) is 0 Å². The number of fused-ring (bicyclic) bond motifs is 1. The van der Waals surface area contributed by atoms with E-state index in [9.17, 15) is 0 Å². The van der Waals surface area contributed by atoms with E-state index in [0.717, 1.165) is 0 Å². The van der Waals surface area contributed by atoms with Crippen molar-refractivity contribution in [2.45, 2.75) is 37.9 Å². The summed E-state index contributed by atoms with van der Waals surface area (Å²) in [6.45, 7) is 2.19. The summed E-state index contributed by atoms with van der Waals surface area (Å²) >= 11 is 0.